The molecule has 0 bridgehead atoms. The fraction of sp³-hybridized carbons (Fsp3) is 0.350. The quantitative estimate of drug-likeness (QED) is 0.700. The standard InChI is InChI=1S/C20H22N4O2S/c1-2-21-20(25)18-8-7-17(27-18)15-5-3-9-24(15)13-14-11-22-19(23-12-14)16-6-4-10-26-16/h4,6-8,10-12,15H,2-3,5,9,13H2,1H3,(H,21,25)/t15-/m1/s1. The molecule has 27 heavy (non-hydrogen) atoms. The third-order valence-electron chi connectivity index (χ3n) is 4.71. The summed E-state index contributed by atoms with van der Waals surface area (Å²) in [7, 11) is 0. The lowest BCUT2D eigenvalue weighted by Crippen LogP contribution is -2.22. The number of thiophene rings is 1. The molecule has 0 saturated carbocycles. The van der Waals surface area contributed by atoms with Crippen LogP contribution in [0.25, 0.3) is 11.6 Å². The van der Waals surface area contributed by atoms with Gasteiger partial charge in [0.2, 0.25) is 0 Å². The largest absolute Gasteiger partial charge is 0.461 e. The molecule has 1 N–H and O–H groups in total. The lowest BCUT2D eigenvalue weighted by molar-refractivity contribution is 0.0960. The molecule has 0 unspecified atom stereocenters. The fourth-order valence-electron chi connectivity index (χ4n) is 3.44. The molecule has 0 radical (unpaired) electrons. The molecule has 140 valence electrons. The van der Waals surface area contributed by atoms with Crippen LogP contribution in [0.5, 0.6) is 0 Å². The molecule has 1 atom stereocenters. The first-order valence-electron chi connectivity index (χ1n) is 9.21. The third kappa shape index (κ3) is 3.94. The van der Waals surface area contributed by atoms with Gasteiger partial charge < -0.3 is 9.73 Å². The number of carbonyl (C=O) groups excluding carboxylic acids is 1. The lowest BCUT2D eigenvalue weighted by Gasteiger charge is -2.23. The molecule has 6 nitrogen and oxygen atoms in total. The SMILES string of the molecule is CCNC(=O)c1ccc([C@H]2CCCN2Cc2cnc(-c3ccco3)nc2)s1. The molecule has 4 rings (SSSR count). The molecule has 3 aromatic heterocycles. The normalized spacial score (nSPS) is 17.3. The average molecular weight is 382 g/mol. The maximum atomic E-state index is 12.0. The Morgan fingerprint density at radius 2 is 2.19 bits per heavy atom. The Morgan fingerprint density at radius 1 is 1.33 bits per heavy atom. The molecule has 1 amide bonds. The molecule has 1 fully saturated rings. The fourth-order valence-corrected chi connectivity index (χ4v) is 4.54. The van der Waals surface area contributed by atoms with Crippen LogP contribution in [0.3, 0.4) is 0 Å². The van der Waals surface area contributed by atoms with E-state index in [2.05, 4.69) is 26.3 Å². The number of amides is 1. The van der Waals surface area contributed by atoms with E-state index in [0.29, 0.717) is 24.2 Å². The van der Waals surface area contributed by atoms with Gasteiger partial charge in [-0.3, -0.25) is 9.69 Å². The zero-order chi connectivity index (χ0) is 18.6. The van der Waals surface area contributed by atoms with Gasteiger partial charge in [-0.2, -0.15) is 0 Å². The van der Waals surface area contributed by atoms with Gasteiger partial charge in [0, 0.05) is 42.0 Å². The van der Waals surface area contributed by atoms with Crippen LogP contribution in [0.15, 0.2) is 47.3 Å². The van der Waals surface area contributed by atoms with Crippen molar-refractivity contribution in [2.75, 3.05) is 13.1 Å². The van der Waals surface area contributed by atoms with Gasteiger partial charge >= 0.3 is 0 Å². The van der Waals surface area contributed by atoms with Gasteiger partial charge in [-0.25, -0.2) is 9.97 Å². The second-order valence-electron chi connectivity index (χ2n) is 6.58. The molecule has 4 heterocycles. The number of rotatable bonds is 6. The highest BCUT2D eigenvalue weighted by atomic mass is 32.1. The maximum absolute atomic E-state index is 12.0. The minimum atomic E-state index is 0.0141. The summed E-state index contributed by atoms with van der Waals surface area (Å²) in [5.74, 6) is 1.30. The summed E-state index contributed by atoms with van der Waals surface area (Å²) in [4.78, 5) is 25.4. The smallest absolute Gasteiger partial charge is 0.261 e. The van der Waals surface area contributed by atoms with E-state index in [4.69, 9.17) is 4.42 Å². The molecule has 1 aliphatic heterocycles. The van der Waals surface area contributed by atoms with Crippen LogP contribution in [0, 0.1) is 0 Å². The van der Waals surface area contributed by atoms with Gasteiger partial charge in [-0.05, 0) is 50.6 Å². The van der Waals surface area contributed by atoms with E-state index in [1.807, 2.05) is 37.5 Å². The summed E-state index contributed by atoms with van der Waals surface area (Å²) in [6.45, 7) is 4.43. The first-order valence-corrected chi connectivity index (χ1v) is 10.0. The van der Waals surface area contributed by atoms with Crippen LogP contribution >= 0.6 is 11.3 Å². The second kappa shape index (κ2) is 8.02. The van der Waals surface area contributed by atoms with Crippen molar-refractivity contribution < 1.29 is 9.21 Å². The minimum Gasteiger partial charge on any atom is -0.461 e. The topological polar surface area (TPSA) is 71.3 Å². The lowest BCUT2D eigenvalue weighted by atomic mass is 10.1. The molecule has 1 saturated heterocycles. The molecular formula is C20H22N4O2S. The maximum Gasteiger partial charge on any atom is 0.261 e. The Balaban J connectivity index is 1.45. The van der Waals surface area contributed by atoms with E-state index in [1.165, 1.54) is 4.88 Å². The van der Waals surface area contributed by atoms with Crippen molar-refractivity contribution in [3.8, 4) is 11.6 Å². The van der Waals surface area contributed by atoms with E-state index in [-0.39, 0.29) is 5.91 Å². The van der Waals surface area contributed by atoms with Gasteiger partial charge in [-0.1, -0.05) is 0 Å². The van der Waals surface area contributed by atoms with Gasteiger partial charge in [0.25, 0.3) is 5.91 Å². The molecule has 1 aliphatic rings. The van der Waals surface area contributed by atoms with Crippen LogP contribution in [-0.4, -0.2) is 33.9 Å². The number of furan rings is 1. The van der Waals surface area contributed by atoms with Crippen molar-refractivity contribution >= 4 is 17.2 Å². The predicted octanol–water partition coefficient (Wildman–Crippen LogP) is 3.88. The molecule has 3 aromatic rings. The first kappa shape index (κ1) is 17.9. The Hall–Kier alpha value is -2.51. The second-order valence-corrected chi connectivity index (χ2v) is 7.70. The predicted molar refractivity (Wildman–Crippen MR) is 104 cm³/mol. The summed E-state index contributed by atoms with van der Waals surface area (Å²) in [6.07, 6.45) is 7.63. The van der Waals surface area contributed by atoms with Crippen molar-refractivity contribution in [2.45, 2.75) is 32.4 Å². The summed E-state index contributed by atoms with van der Waals surface area (Å²) in [6, 6.07) is 8.06. The number of hydrogen-bond donors (Lipinski definition) is 1. The van der Waals surface area contributed by atoms with Gasteiger partial charge in [0.05, 0.1) is 11.1 Å². The van der Waals surface area contributed by atoms with E-state index in [1.54, 1.807) is 17.6 Å². The van der Waals surface area contributed by atoms with E-state index in [0.717, 1.165) is 36.4 Å². The average Bonchev–Trinajstić information content (AvgIpc) is 3.44. The highest BCUT2D eigenvalue weighted by Crippen LogP contribution is 2.36. The number of aromatic nitrogens is 2. The number of carbonyl (C=O) groups is 1. The highest BCUT2D eigenvalue weighted by molar-refractivity contribution is 7.14. The Bertz CT molecular complexity index is 889. The van der Waals surface area contributed by atoms with Crippen LogP contribution in [0.2, 0.25) is 0 Å². The van der Waals surface area contributed by atoms with Crippen molar-refractivity contribution in [3.05, 3.63) is 58.2 Å². The Kier molecular flexibility index (Phi) is 5.31. The van der Waals surface area contributed by atoms with E-state index >= 15 is 0 Å². The summed E-state index contributed by atoms with van der Waals surface area (Å²) < 4.78 is 5.34. The molecule has 0 spiro atoms. The number of nitrogens with zero attached hydrogens (tertiary/aromatic N) is 3. The Morgan fingerprint density at radius 3 is 2.93 bits per heavy atom. The van der Waals surface area contributed by atoms with Crippen molar-refractivity contribution in [3.63, 3.8) is 0 Å². The third-order valence-corrected chi connectivity index (χ3v) is 5.90. The number of hydrogen-bond acceptors (Lipinski definition) is 6. The van der Waals surface area contributed by atoms with Crippen LogP contribution in [0.4, 0.5) is 0 Å². The Labute approximate surface area is 162 Å². The monoisotopic (exact) mass is 382 g/mol. The van der Waals surface area contributed by atoms with Crippen LogP contribution in [0.1, 0.15) is 45.9 Å². The first-order chi connectivity index (χ1) is 13.2. The minimum absolute atomic E-state index is 0.0141. The van der Waals surface area contributed by atoms with Gasteiger partial charge in [0.15, 0.2) is 11.6 Å². The summed E-state index contributed by atoms with van der Waals surface area (Å²) >= 11 is 1.60. The number of likely N-dealkylation sites (tertiary alicyclic amines) is 1. The molecule has 0 aliphatic carbocycles. The molecule has 7 heteroatoms. The highest BCUT2D eigenvalue weighted by Gasteiger charge is 2.28. The molecule has 0 aromatic carbocycles. The molecular weight excluding hydrogens is 360 g/mol. The van der Waals surface area contributed by atoms with Crippen molar-refractivity contribution in [1.29, 1.82) is 0 Å². The zero-order valence-electron chi connectivity index (χ0n) is 15.2. The van der Waals surface area contributed by atoms with E-state index in [9.17, 15) is 4.79 Å². The van der Waals surface area contributed by atoms with Crippen molar-refractivity contribution in [1.82, 2.24) is 20.2 Å². The zero-order valence-corrected chi connectivity index (χ0v) is 16.0. The number of nitrogens with one attached hydrogen (secondary N) is 1. The van der Waals surface area contributed by atoms with Crippen LogP contribution in [-0.2, 0) is 6.54 Å². The van der Waals surface area contributed by atoms with Gasteiger partial charge in [-0.15, -0.1) is 11.3 Å². The summed E-state index contributed by atoms with van der Waals surface area (Å²) in [5, 5.41) is 2.87. The van der Waals surface area contributed by atoms with Crippen molar-refractivity contribution in [2.24, 2.45) is 0 Å². The van der Waals surface area contributed by atoms with Crippen LogP contribution < -0.4 is 5.32 Å². The van der Waals surface area contributed by atoms with E-state index < -0.39 is 0 Å². The van der Waals surface area contributed by atoms with Gasteiger partial charge in [0.1, 0.15) is 0 Å². The summed E-state index contributed by atoms with van der Waals surface area (Å²) in [5.41, 5.74) is 1.08.